The highest BCUT2D eigenvalue weighted by Gasteiger charge is 2.37. The average molecular weight is 452 g/mol. The summed E-state index contributed by atoms with van der Waals surface area (Å²) in [5, 5.41) is 10.1. The van der Waals surface area contributed by atoms with E-state index < -0.39 is 17.6 Å². The van der Waals surface area contributed by atoms with Crippen molar-refractivity contribution in [2.45, 2.75) is 18.9 Å². The van der Waals surface area contributed by atoms with Crippen LogP contribution in [0.5, 0.6) is 0 Å². The number of alkyl halides is 2. The predicted molar refractivity (Wildman–Crippen MR) is 116 cm³/mol. The SMILES string of the molecule is O=C(Nc1cncc(F)c1)c1n[nH]c2ccc(-c3cncc(CN4CCC(F)(F)C4)c3)cc12. The smallest absolute Gasteiger partial charge is 0.276 e. The second kappa shape index (κ2) is 8.28. The Kier molecular flexibility index (Phi) is 5.29. The number of fused-ring (bicyclic) bond motifs is 1. The monoisotopic (exact) mass is 452 g/mol. The summed E-state index contributed by atoms with van der Waals surface area (Å²) in [7, 11) is 0. The second-order valence-electron chi connectivity index (χ2n) is 8.08. The molecule has 1 aliphatic heterocycles. The number of aromatic nitrogens is 4. The van der Waals surface area contributed by atoms with Gasteiger partial charge in [0.15, 0.2) is 5.69 Å². The Morgan fingerprint density at radius 3 is 2.73 bits per heavy atom. The van der Waals surface area contributed by atoms with Crippen LogP contribution in [0.1, 0.15) is 22.5 Å². The number of hydrogen-bond donors (Lipinski definition) is 2. The number of rotatable bonds is 5. The minimum absolute atomic E-state index is 0.131. The first-order valence-electron chi connectivity index (χ1n) is 10.3. The van der Waals surface area contributed by atoms with Gasteiger partial charge in [0.25, 0.3) is 11.8 Å². The molecule has 1 aromatic carbocycles. The van der Waals surface area contributed by atoms with E-state index >= 15 is 0 Å². The summed E-state index contributed by atoms with van der Waals surface area (Å²) < 4.78 is 40.4. The highest BCUT2D eigenvalue weighted by atomic mass is 19.3. The third-order valence-electron chi connectivity index (χ3n) is 5.52. The van der Waals surface area contributed by atoms with Crippen LogP contribution in [0.4, 0.5) is 18.9 Å². The van der Waals surface area contributed by atoms with Gasteiger partial charge in [0.2, 0.25) is 0 Å². The Bertz CT molecular complexity index is 1340. The number of pyridine rings is 2. The number of likely N-dealkylation sites (tertiary alicyclic amines) is 1. The summed E-state index contributed by atoms with van der Waals surface area (Å²) in [6.07, 6.45) is 5.61. The number of carbonyl (C=O) groups is 1. The van der Waals surface area contributed by atoms with Gasteiger partial charge >= 0.3 is 0 Å². The lowest BCUT2D eigenvalue weighted by atomic mass is 10.0. The molecular weight excluding hydrogens is 433 g/mol. The van der Waals surface area contributed by atoms with Crippen LogP contribution in [0.15, 0.2) is 55.1 Å². The summed E-state index contributed by atoms with van der Waals surface area (Å²) >= 11 is 0. The zero-order valence-electron chi connectivity index (χ0n) is 17.4. The zero-order chi connectivity index (χ0) is 23.0. The van der Waals surface area contributed by atoms with Gasteiger partial charge < -0.3 is 5.32 Å². The highest BCUT2D eigenvalue weighted by molar-refractivity contribution is 6.11. The molecule has 0 atom stereocenters. The van der Waals surface area contributed by atoms with Gasteiger partial charge in [-0.1, -0.05) is 6.07 Å². The number of aromatic amines is 1. The third kappa shape index (κ3) is 4.56. The molecule has 7 nitrogen and oxygen atoms in total. The molecule has 0 aliphatic carbocycles. The van der Waals surface area contributed by atoms with Crippen LogP contribution >= 0.6 is 0 Å². The minimum Gasteiger partial charge on any atom is -0.319 e. The summed E-state index contributed by atoms with van der Waals surface area (Å²) in [5.41, 5.74) is 3.45. The first-order chi connectivity index (χ1) is 15.9. The fourth-order valence-corrected chi connectivity index (χ4v) is 3.97. The van der Waals surface area contributed by atoms with Crippen LogP contribution in [0.2, 0.25) is 0 Å². The number of hydrogen-bond acceptors (Lipinski definition) is 5. The van der Waals surface area contributed by atoms with E-state index in [0.29, 0.717) is 24.0 Å². The van der Waals surface area contributed by atoms with Gasteiger partial charge in [-0.25, -0.2) is 13.2 Å². The highest BCUT2D eigenvalue weighted by Crippen LogP contribution is 2.29. The lowest BCUT2D eigenvalue weighted by Crippen LogP contribution is -2.24. The summed E-state index contributed by atoms with van der Waals surface area (Å²) in [6, 6.07) is 8.54. The van der Waals surface area contributed by atoms with E-state index in [9.17, 15) is 18.0 Å². The quantitative estimate of drug-likeness (QED) is 0.473. The molecule has 0 radical (unpaired) electrons. The number of anilines is 1. The molecule has 168 valence electrons. The maximum absolute atomic E-state index is 13.5. The molecule has 4 aromatic rings. The molecule has 4 heterocycles. The molecule has 1 amide bonds. The van der Waals surface area contributed by atoms with Gasteiger partial charge in [-0.3, -0.25) is 24.8 Å². The third-order valence-corrected chi connectivity index (χ3v) is 5.52. The summed E-state index contributed by atoms with van der Waals surface area (Å²) in [5.74, 6) is -3.71. The minimum atomic E-state index is -2.64. The van der Waals surface area contributed by atoms with Crippen LogP contribution in [-0.4, -0.2) is 50.0 Å². The van der Waals surface area contributed by atoms with E-state index in [4.69, 9.17) is 0 Å². The molecule has 0 bridgehead atoms. The van der Waals surface area contributed by atoms with Gasteiger partial charge in [-0.2, -0.15) is 5.10 Å². The molecule has 33 heavy (non-hydrogen) atoms. The number of nitrogens with zero attached hydrogens (tertiary/aromatic N) is 4. The molecule has 10 heteroatoms. The van der Waals surface area contributed by atoms with E-state index in [0.717, 1.165) is 22.9 Å². The molecule has 1 saturated heterocycles. The number of nitrogens with one attached hydrogen (secondary N) is 2. The normalized spacial score (nSPS) is 15.7. The first kappa shape index (κ1) is 21.1. The van der Waals surface area contributed by atoms with Crippen LogP contribution in [0.25, 0.3) is 22.0 Å². The van der Waals surface area contributed by atoms with Crippen LogP contribution in [-0.2, 0) is 6.54 Å². The Morgan fingerprint density at radius 2 is 1.94 bits per heavy atom. The molecule has 2 N–H and O–H groups in total. The van der Waals surface area contributed by atoms with Gasteiger partial charge in [-0.15, -0.1) is 0 Å². The standard InChI is InChI=1S/C23H19F3N6O/c24-17-7-18(11-28-10-17)29-22(33)21-19-6-15(1-2-20(19)30-31-21)16-5-14(8-27-9-16)12-32-4-3-23(25,26)13-32/h1-2,5-11H,3-4,12-13H2,(H,29,33)(H,30,31). The van der Waals surface area contributed by atoms with Crippen LogP contribution in [0, 0.1) is 5.82 Å². The van der Waals surface area contributed by atoms with Crippen LogP contribution < -0.4 is 5.32 Å². The van der Waals surface area contributed by atoms with Crippen molar-refractivity contribution in [2.75, 3.05) is 18.4 Å². The number of amides is 1. The number of H-pyrrole nitrogens is 1. The van der Waals surface area contributed by atoms with E-state index in [2.05, 4.69) is 25.5 Å². The molecular formula is C23H19F3N6O. The van der Waals surface area contributed by atoms with Crippen molar-refractivity contribution in [1.29, 1.82) is 0 Å². The van der Waals surface area contributed by atoms with Crippen molar-refractivity contribution in [2.24, 2.45) is 0 Å². The van der Waals surface area contributed by atoms with E-state index in [1.54, 1.807) is 23.4 Å². The van der Waals surface area contributed by atoms with Gasteiger partial charge in [0.1, 0.15) is 5.82 Å². The van der Waals surface area contributed by atoms with E-state index in [-0.39, 0.29) is 24.3 Å². The lowest BCUT2D eigenvalue weighted by molar-refractivity contribution is 0.0115. The van der Waals surface area contributed by atoms with E-state index in [1.807, 2.05) is 18.2 Å². The lowest BCUT2D eigenvalue weighted by Gasteiger charge is -2.15. The van der Waals surface area contributed by atoms with Crippen molar-refractivity contribution in [1.82, 2.24) is 25.1 Å². The first-order valence-corrected chi connectivity index (χ1v) is 10.3. The molecule has 3 aromatic heterocycles. The number of halogens is 3. The summed E-state index contributed by atoms with van der Waals surface area (Å²) in [6.45, 7) is 0.481. The molecule has 1 fully saturated rings. The van der Waals surface area contributed by atoms with Crippen molar-refractivity contribution >= 4 is 22.5 Å². The Balaban J connectivity index is 1.40. The van der Waals surface area contributed by atoms with Crippen molar-refractivity contribution in [3.05, 3.63) is 72.2 Å². The zero-order valence-corrected chi connectivity index (χ0v) is 17.4. The Labute approximate surface area is 186 Å². The fraction of sp³-hybridized carbons (Fsp3) is 0.217. The molecule has 5 rings (SSSR count). The Morgan fingerprint density at radius 1 is 1.09 bits per heavy atom. The van der Waals surface area contributed by atoms with Gasteiger partial charge in [0, 0.05) is 48.9 Å². The van der Waals surface area contributed by atoms with Crippen molar-refractivity contribution < 1.29 is 18.0 Å². The summed E-state index contributed by atoms with van der Waals surface area (Å²) in [4.78, 5) is 22.4. The topological polar surface area (TPSA) is 86.8 Å². The van der Waals surface area contributed by atoms with Gasteiger partial charge in [-0.05, 0) is 29.3 Å². The second-order valence-corrected chi connectivity index (χ2v) is 8.08. The van der Waals surface area contributed by atoms with Crippen LogP contribution in [0.3, 0.4) is 0 Å². The van der Waals surface area contributed by atoms with E-state index in [1.165, 1.54) is 12.3 Å². The molecule has 0 saturated carbocycles. The molecule has 0 spiro atoms. The predicted octanol–water partition coefficient (Wildman–Crippen LogP) is 4.25. The molecule has 0 unspecified atom stereocenters. The number of benzene rings is 1. The van der Waals surface area contributed by atoms with Gasteiger partial charge in [0.05, 0.1) is 30.1 Å². The maximum Gasteiger partial charge on any atom is 0.276 e. The van der Waals surface area contributed by atoms with Crippen molar-refractivity contribution in [3.63, 3.8) is 0 Å². The largest absolute Gasteiger partial charge is 0.319 e. The number of carbonyl (C=O) groups excluding carboxylic acids is 1. The average Bonchev–Trinajstić information content (AvgIpc) is 3.36. The Hall–Kier alpha value is -3.79. The maximum atomic E-state index is 13.5. The molecule has 1 aliphatic rings. The fourth-order valence-electron chi connectivity index (χ4n) is 3.97. The van der Waals surface area contributed by atoms with Crippen molar-refractivity contribution in [3.8, 4) is 11.1 Å².